The van der Waals surface area contributed by atoms with E-state index in [4.69, 9.17) is 10.5 Å². The Morgan fingerprint density at radius 1 is 1.23 bits per heavy atom. The topological polar surface area (TPSA) is 183 Å². The number of ether oxygens (including phenoxy) is 1. The summed E-state index contributed by atoms with van der Waals surface area (Å²) in [6.45, 7) is 0.744. The van der Waals surface area contributed by atoms with Crippen molar-refractivity contribution in [2.45, 2.75) is 24.9 Å². The molecular weight excluding hydrogens is 458 g/mol. The zero-order valence-corrected chi connectivity index (χ0v) is 19.2. The van der Waals surface area contributed by atoms with Gasteiger partial charge in [0.05, 0.1) is 17.7 Å². The molecule has 35 heavy (non-hydrogen) atoms. The van der Waals surface area contributed by atoms with Crippen LogP contribution >= 0.6 is 0 Å². The molecule has 1 aromatic carbocycles. The number of phenolic OH excluding ortho intramolecular Hbond substituents is 1. The number of primary amides is 1. The molecule has 0 radical (unpaired) electrons. The first-order chi connectivity index (χ1) is 16.5. The number of hydrogen-bond donors (Lipinski definition) is 5. The standard InChI is InChI=1S/C24H25N3O8/c1-27(2)13-8-12(23-26-3-4-35-23)18(29)16-11(13)6-9-5-10-7-14(28)17(22(25)33)21(32)24(10,34)20(31)15(9)19(16)30/h8-10,28-29,31,34H,3-7H2,1-2H3,(H2,25,33)/t9-,10+,24+/m1/s1. The Morgan fingerprint density at radius 2 is 1.94 bits per heavy atom. The smallest absolute Gasteiger partial charge is 0.255 e. The van der Waals surface area contributed by atoms with Crippen LogP contribution in [0.3, 0.4) is 0 Å². The molecule has 0 saturated carbocycles. The number of aliphatic imine (C=N–C) groups is 1. The summed E-state index contributed by atoms with van der Waals surface area (Å²) < 4.78 is 5.50. The van der Waals surface area contributed by atoms with Gasteiger partial charge in [0.2, 0.25) is 11.7 Å². The first-order valence-corrected chi connectivity index (χ1v) is 11.2. The van der Waals surface area contributed by atoms with Crippen molar-refractivity contribution >= 4 is 29.1 Å². The summed E-state index contributed by atoms with van der Waals surface area (Å²) in [6.07, 6.45) is 0.0362. The normalized spacial score (nSPS) is 27.7. The molecule has 1 amide bonds. The number of hydrogen-bond acceptors (Lipinski definition) is 10. The molecule has 11 heteroatoms. The fourth-order valence-electron chi connectivity index (χ4n) is 5.73. The second-order valence-corrected chi connectivity index (χ2v) is 9.49. The molecular formula is C24H25N3O8. The number of ketones is 2. The molecule has 184 valence electrons. The molecule has 4 aliphatic rings. The van der Waals surface area contributed by atoms with Gasteiger partial charge in [-0.05, 0) is 30.4 Å². The first-order valence-electron chi connectivity index (χ1n) is 11.2. The number of benzene rings is 1. The van der Waals surface area contributed by atoms with Crippen molar-refractivity contribution in [3.05, 3.63) is 45.4 Å². The minimum atomic E-state index is -2.59. The molecule has 3 atom stereocenters. The number of anilines is 1. The van der Waals surface area contributed by atoms with Crippen LogP contribution in [0, 0.1) is 11.8 Å². The number of carbonyl (C=O) groups excluding carboxylic acids is 3. The van der Waals surface area contributed by atoms with E-state index in [0.717, 1.165) is 0 Å². The van der Waals surface area contributed by atoms with Crippen LogP contribution in [-0.4, -0.2) is 76.6 Å². The van der Waals surface area contributed by atoms with E-state index < -0.39 is 52.0 Å². The van der Waals surface area contributed by atoms with E-state index in [1.54, 1.807) is 25.1 Å². The van der Waals surface area contributed by atoms with Crippen molar-refractivity contribution < 1.29 is 39.5 Å². The highest BCUT2D eigenvalue weighted by molar-refractivity contribution is 6.24. The number of aromatic hydroxyl groups is 1. The third kappa shape index (κ3) is 3.00. The molecule has 1 heterocycles. The SMILES string of the molecule is CN(C)c1cc(C2=NCCO2)c(O)c2c1C[C@H]1C[C@H]3CC(O)=C(C(N)=O)C(=O)[C@@]3(O)C(O)=C1C2=O. The Hall–Kier alpha value is -3.86. The average molecular weight is 483 g/mol. The molecule has 11 nitrogen and oxygen atoms in total. The fraction of sp³-hybridized carbons (Fsp3) is 0.417. The predicted octanol–water partition coefficient (Wildman–Crippen LogP) is 0.423. The molecule has 0 bridgehead atoms. The molecule has 0 spiro atoms. The highest BCUT2D eigenvalue weighted by Crippen LogP contribution is 2.52. The minimum absolute atomic E-state index is 0.0685. The number of fused-ring (bicyclic) bond motifs is 3. The minimum Gasteiger partial charge on any atom is -0.511 e. The monoisotopic (exact) mass is 483 g/mol. The maximum Gasteiger partial charge on any atom is 0.255 e. The van der Waals surface area contributed by atoms with Crippen LogP contribution in [0.4, 0.5) is 5.69 Å². The number of nitrogens with two attached hydrogens (primary N) is 1. The van der Waals surface area contributed by atoms with Crippen molar-refractivity contribution in [2.75, 3.05) is 32.1 Å². The van der Waals surface area contributed by atoms with E-state index in [1.807, 2.05) is 0 Å². The predicted molar refractivity (Wildman–Crippen MR) is 122 cm³/mol. The van der Waals surface area contributed by atoms with Crippen LogP contribution in [-0.2, 0) is 20.7 Å². The number of rotatable bonds is 3. The lowest BCUT2D eigenvalue weighted by Gasteiger charge is -2.45. The van der Waals surface area contributed by atoms with Gasteiger partial charge in [0, 0.05) is 37.7 Å². The number of nitrogens with zero attached hydrogens (tertiary/aromatic N) is 2. The number of carbonyl (C=O) groups is 3. The van der Waals surface area contributed by atoms with Gasteiger partial charge in [0.1, 0.15) is 29.4 Å². The van der Waals surface area contributed by atoms with Gasteiger partial charge in [-0.3, -0.25) is 14.4 Å². The Kier molecular flexibility index (Phi) is 4.96. The molecule has 3 aliphatic carbocycles. The Bertz CT molecular complexity index is 1310. The van der Waals surface area contributed by atoms with Gasteiger partial charge >= 0.3 is 0 Å². The highest BCUT2D eigenvalue weighted by Gasteiger charge is 2.59. The van der Waals surface area contributed by atoms with Crippen LogP contribution in [0.5, 0.6) is 5.75 Å². The molecule has 1 aliphatic heterocycles. The lowest BCUT2D eigenvalue weighted by atomic mass is 9.60. The van der Waals surface area contributed by atoms with Crippen molar-refractivity contribution in [2.24, 2.45) is 22.6 Å². The number of aliphatic hydroxyl groups excluding tert-OH is 2. The summed E-state index contributed by atoms with van der Waals surface area (Å²) in [6, 6.07) is 1.69. The number of phenols is 1. The summed E-state index contributed by atoms with van der Waals surface area (Å²) in [5.41, 5.74) is 2.98. The van der Waals surface area contributed by atoms with Crippen LogP contribution in [0.2, 0.25) is 0 Å². The van der Waals surface area contributed by atoms with Gasteiger partial charge in [0.25, 0.3) is 5.91 Å². The lowest BCUT2D eigenvalue weighted by molar-refractivity contribution is -0.144. The van der Waals surface area contributed by atoms with E-state index in [9.17, 15) is 34.8 Å². The summed E-state index contributed by atoms with van der Waals surface area (Å²) in [7, 11) is 3.57. The largest absolute Gasteiger partial charge is 0.511 e. The Balaban J connectivity index is 1.71. The van der Waals surface area contributed by atoms with Gasteiger partial charge in [-0.25, -0.2) is 4.99 Å². The van der Waals surface area contributed by atoms with Gasteiger partial charge in [0.15, 0.2) is 11.4 Å². The van der Waals surface area contributed by atoms with Crippen molar-refractivity contribution in [3.63, 3.8) is 0 Å². The molecule has 1 aromatic rings. The van der Waals surface area contributed by atoms with E-state index in [0.29, 0.717) is 24.4 Å². The number of allylic oxidation sites excluding steroid dienone is 2. The lowest BCUT2D eigenvalue weighted by Crippen LogP contribution is -2.57. The third-order valence-corrected chi connectivity index (χ3v) is 7.34. The third-order valence-electron chi connectivity index (χ3n) is 7.34. The zero-order valence-electron chi connectivity index (χ0n) is 19.2. The van der Waals surface area contributed by atoms with Crippen LogP contribution < -0.4 is 10.6 Å². The molecule has 0 unspecified atom stereocenters. The molecule has 6 N–H and O–H groups in total. The van der Waals surface area contributed by atoms with Crippen LogP contribution in [0.25, 0.3) is 0 Å². The zero-order chi connectivity index (χ0) is 25.4. The van der Waals surface area contributed by atoms with Crippen molar-refractivity contribution in [1.82, 2.24) is 0 Å². The fourth-order valence-corrected chi connectivity index (χ4v) is 5.73. The molecule has 0 saturated heterocycles. The summed E-state index contributed by atoms with van der Waals surface area (Å²) in [4.78, 5) is 44.6. The van der Waals surface area contributed by atoms with E-state index >= 15 is 0 Å². The van der Waals surface area contributed by atoms with Crippen molar-refractivity contribution in [3.8, 4) is 5.75 Å². The van der Waals surface area contributed by atoms with Crippen molar-refractivity contribution in [1.29, 1.82) is 0 Å². The van der Waals surface area contributed by atoms with Gasteiger partial charge < -0.3 is 35.8 Å². The van der Waals surface area contributed by atoms with Crippen LogP contribution in [0.15, 0.2) is 33.7 Å². The number of aliphatic hydroxyl groups is 3. The Labute approximate surface area is 199 Å². The van der Waals surface area contributed by atoms with Gasteiger partial charge in [-0.15, -0.1) is 0 Å². The molecule has 0 fully saturated rings. The second kappa shape index (κ2) is 7.57. The summed E-state index contributed by atoms with van der Waals surface area (Å²) in [5.74, 6) is -6.41. The maximum absolute atomic E-state index is 13.8. The molecule has 0 aromatic heterocycles. The first kappa shape index (κ1) is 22.9. The second-order valence-electron chi connectivity index (χ2n) is 9.49. The Morgan fingerprint density at radius 3 is 2.54 bits per heavy atom. The molecule has 5 rings (SSSR count). The van der Waals surface area contributed by atoms with E-state index in [1.165, 1.54) is 0 Å². The average Bonchev–Trinajstić information content (AvgIpc) is 3.30. The van der Waals surface area contributed by atoms with E-state index in [-0.39, 0.29) is 47.6 Å². The number of Topliss-reactive ketones (excluding diaryl/α,β-unsaturated/α-hetero) is 2. The van der Waals surface area contributed by atoms with Crippen LogP contribution in [0.1, 0.15) is 34.3 Å². The van der Waals surface area contributed by atoms with Gasteiger partial charge in [-0.2, -0.15) is 0 Å². The quantitative estimate of drug-likeness (QED) is 0.380. The summed E-state index contributed by atoms with van der Waals surface area (Å²) >= 11 is 0. The number of amides is 1. The van der Waals surface area contributed by atoms with E-state index in [2.05, 4.69) is 4.99 Å². The summed E-state index contributed by atoms with van der Waals surface area (Å²) in [5, 5.41) is 43.9. The maximum atomic E-state index is 13.8. The van der Waals surface area contributed by atoms with Gasteiger partial charge in [-0.1, -0.05) is 0 Å². The highest BCUT2D eigenvalue weighted by atomic mass is 16.5.